The number of rotatable bonds is 7. The third-order valence-electron chi connectivity index (χ3n) is 6.34. The highest BCUT2D eigenvalue weighted by atomic mass is 31.2. The topological polar surface area (TPSA) is 170 Å². The van der Waals surface area contributed by atoms with E-state index in [0.717, 1.165) is 17.0 Å². The van der Waals surface area contributed by atoms with Crippen LogP contribution in [0.5, 0.6) is 0 Å². The van der Waals surface area contributed by atoms with Gasteiger partial charge in [-0.05, 0) is 12.1 Å². The first kappa shape index (κ1) is 26.6. The normalized spacial score (nSPS) is 15.8. The highest BCUT2D eigenvalue weighted by Crippen LogP contribution is 2.38. The number of carbonyl (C=O) groups excluding carboxylic acids is 3. The number of hydrogen-bond acceptors (Lipinski definition) is 9. The van der Waals surface area contributed by atoms with Crippen molar-refractivity contribution in [2.75, 3.05) is 44.3 Å². The molecule has 0 saturated carbocycles. The van der Waals surface area contributed by atoms with Gasteiger partial charge in [0.05, 0.1) is 35.8 Å². The molecule has 2 N–H and O–H groups in total. The molecule has 3 aromatic rings. The van der Waals surface area contributed by atoms with Crippen LogP contribution in [0.15, 0.2) is 53.1 Å². The van der Waals surface area contributed by atoms with E-state index in [9.17, 15) is 28.7 Å². The Hall–Kier alpha value is -4.04. The second-order valence-corrected chi connectivity index (χ2v) is 10.0. The van der Waals surface area contributed by atoms with Crippen molar-refractivity contribution < 1.29 is 37.6 Å². The fourth-order valence-electron chi connectivity index (χ4n) is 4.47. The van der Waals surface area contributed by atoms with Gasteiger partial charge in [-0.25, -0.2) is 18.9 Å². The van der Waals surface area contributed by atoms with Crippen LogP contribution in [-0.2, 0) is 20.6 Å². The van der Waals surface area contributed by atoms with Gasteiger partial charge in [-0.3, -0.25) is 18.9 Å². The number of phosphoric acid groups is 1. The van der Waals surface area contributed by atoms with Crippen molar-refractivity contribution in [3.05, 3.63) is 59.7 Å². The minimum absolute atomic E-state index is 0.0428. The molecule has 0 spiro atoms. The highest BCUT2D eigenvalue weighted by molar-refractivity contribution is 7.46. The summed E-state index contributed by atoms with van der Waals surface area (Å²) in [4.78, 5) is 64.5. The molecular formula is C23H23FN7O7P. The molecule has 2 aliphatic heterocycles. The lowest BCUT2D eigenvalue weighted by atomic mass is 10.1. The molecule has 39 heavy (non-hydrogen) atoms. The first-order valence-electron chi connectivity index (χ1n) is 11.8. The third-order valence-corrected chi connectivity index (χ3v) is 6.79. The van der Waals surface area contributed by atoms with Gasteiger partial charge in [0.1, 0.15) is 6.73 Å². The molecule has 204 valence electrons. The number of phosphoric ester groups is 1. The number of halogens is 1. The minimum atomic E-state index is -4.94. The molecule has 14 nitrogen and oxygen atoms in total. The van der Waals surface area contributed by atoms with Crippen LogP contribution in [0.4, 0.5) is 10.2 Å². The summed E-state index contributed by atoms with van der Waals surface area (Å²) in [5.41, 5.74) is 0.138. The Kier molecular flexibility index (Phi) is 7.23. The lowest BCUT2D eigenvalue weighted by Gasteiger charge is -2.34. The van der Waals surface area contributed by atoms with E-state index in [4.69, 9.17) is 0 Å². The molecular weight excluding hydrogens is 536 g/mol. The van der Waals surface area contributed by atoms with E-state index in [2.05, 4.69) is 19.8 Å². The number of nitrogens with zero attached hydrogens (tertiary/aromatic N) is 7. The summed E-state index contributed by atoms with van der Waals surface area (Å²) in [7, 11) is -4.94. The van der Waals surface area contributed by atoms with Crippen LogP contribution in [-0.4, -0.2) is 86.0 Å². The second-order valence-electron chi connectivity index (χ2n) is 8.77. The zero-order valence-electron chi connectivity index (χ0n) is 20.4. The van der Waals surface area contributed by atoms with Crippen molar-refractivity contribution in [1.29, 1.82) is 0 Å². The Morgan fingerprint density at radius 1 is 1.03 bits per heavy atom. The number of anilines is 1. The summed E-state index contributed by atoms with van der Waals surface area (Å²) < 4.78 is 32.1. The predicted molar refractivity (Wildman–Crippen MR) is 133 cm³/mol. The van der Waals surface area contributed by atoms with Crippen LogP contribution in [0, 0.1) is 5.82 Å². The number of hydrogen-bond donors (Lipinski definition) is 2. The van der Waals surface area contributed by atoms with Gasteiger partial charge in [0.2, 0.25) is 0 Å². The van der Waals surface area contributed by atoms with E-state index in [-0.39, 0.29) is 54.4 Å². The van der Waals surface area contributed by atoms with Crippen LogP contribution in [0.2, 0.25) is 0 Å². The van der Waals surface area contributed by atoms with Crippen molar-refractivity contribution in [1.82, 2.24) is 19.4 Å². The third kappa shape index (κ3) is 5.43. The lowest BCUT2D eigenvalue weighted by molar-refractivity contribution is -0.127. The van der Waals surface area contributed by atoms with Crippen LogP contribution < -0.4 is 5.01 Å². The number of pyridine rings is 1. The van der Waals surface area contributed by atoms with E-state index in [1.165, 1.54) is 9.91 Å². The Morgan fingerprint density at radius 2 is 1.72 bits per heavy atom. The highest BCUT2D eigenvalue weighted by Gasteiger charge is 2.33. The summed E-state index contributed by atoms with van der Waals surface area (Å²) in [6, 6.07) is 8.68. The first-order chi connectivity index (χ1) is 18.6. The zero-order valence-corrected chi connectivity index (χ0v) is 21.3. The average Bonchev–Trinajstić information content (AvgIpc) is 3.61. The number of carbonyl (C=O) groups is 3. The van der Waals surface area contributed by atoms with E-state index in [0.29, 0.717) is 18.7 Å². The fraction of sp³-hybridized carbons (Fsp3) is 0.304. The van der Waals surface area contributed by atoms with Crippen LogP contribution in [0.3, 0.4) is 0 Å². The summed E-state index contributed by atoms with van der Waals surface area (Å²) >= 11 is 0. The first-order valence-corrected chi connectivity index (χ1v) is 13.4. The maximum Gasteiger partial charge on any atom is 0.471 e. The van der Waals surface area contributed by atoms with Crippen molar-refractivity contribution in [3.63, 3.8) is 0 Å². The predicted octanol–water partition coefficient (Wildman–Crippen LogP) is 1.60. The molecule has 16 heteroatoms. The van der Waals surface area contributed by atoms with Gasteiger partial charge in [0.15, 0.2) is 11.6 Å². The van der Waals surface area contributed by atoms with Crippen molar-refractivity contribution >= 4 is 42.1 Å². The Bertz CT molecular complexity index is 1520. The van der Waals surface area contributed by atoms with Gasteiger partial charge in [-0.15, -0.1) is 0 Å². The van der Waals surface area contributed by atoms with Gasteiger partial charge in [-0.1, -0.05) is 23.4 Å². The molecule has 2 aromatic heterocycles. The minimum Gasteiger partial charge on any atom is -0.335 e. The summed E-state index contributed by atoms with van der Waals surface area (Å²) in [5.74, 6) is -2.98. The van der Waals surface area contributed by atoms with Crippen LogP contribution in [0.25, 0.3) is 10.9 Å². The Labute approximate surface area is 220 Å². The lowest BCUT2D eigenvalue weighted by Crippen LogP contribution is -2.52. The molecule has 0 atom stereocenters. The van der Waals surface area contributed by atoms with Gasteiger partial charge < -0.3 is 24.2 Å². The number of amides is 2. The Balaban J connectivity index is 1.42. The SMILES string of the molecule is O=C(C(=O)N1CCN(C(=O)c2ccccc2)CC1)c1cn(COP(=O)(O)O)c2c(N3CCN=N3)ncc(F)c12. The molecule has 4 heterocycles. The zero-order chi connectivity index (χ0) is 27.7. The summed E-state index contributed by atoms with van der Waals surface area (Å²) in [6.45, 7) is 0.459. The smallest absolute Gasteiger partial charge is 0.335 e. The molecule has 5 rings (SSSR count). The molecule has 2 amide bonds. The number of benzene rings is 1. The van der Waals surface area contributed by atoms with Gasteiger partial charge >= 0.3 is 7.82 Å². The van der Waals surface area contributed by atoms with Gasteiger partial charge in [-0.2, -0.15) is 5.11 Å². The van der Waals surface area contributed by atoms with Gasteiger partial charge in [0, 0.05) is 37.9 Å². The molecule has 0 unspecified atom stereocenters. The summed E-state index contributed by atoms with van der Waals surface area (Å²) in [6.07, 6.45) is 1.96. The second kappa shape index (κ2) is 10.6. The van der Waals surface area contributed by atoms with Crippen molar-refractivity contribution in [2.45, 2.75) is 6.73 Å². The van der Waals surface area contributed by atoms with E-state index in [1.807, 2.05) is 0 Å². The number of piperazine rings is 1. The van der Waals surface area contributed by atoms with Crippen LogP contribution in [0.1, 0.15) is 20.7 Å². The average molecular weight is 559 g/mol. The Morgan fingerprint density at radius 3 is 2.36 bits per heavy atom. The number of aromatic nitrogens is 2. The van der Waals surface area contributed by atoms with E-state index in [1.54, 1.807) is 35.2 Å². The summed E-state index contributed by atoms with van der Waals surface area (Å²) in [5, 5.41) is 8.84. The van der Waals surface area contributed by atoms with Crippen molar-refractivity contribution in [2.24, 2.45) is 10.3 Å². The quantitative estimate of drug-likeness (QED) is 0.248. The molecule has 1 aromatic carbocycles. The van der Waals surface area contributed by atoms with Crippen molar-refractivity contribution in [3.8, 4) is 0 Å². The maximum absolute atomic E-state index is 15.1. The fourth-order valence-corrected chi connectivity index (χ4v) is 4.74. The monoisotopic (exact) mass is 559 g/mol. The van der Waals surface area contributed by atoms with E-state index >= 15 is 4.39 Å². The number of ketones is 1. The molecule has 0 aliphatic carbocycles. The molecule has 1 fully saturated rings. The maximum atomic E-state index is 15.1. The van der Waals surface area contributed by atoms with Crippen LogP contribution >= 0.6 is 7.82 Å². The van der Waals surface area contributed by atoms with Gasteiger partial charge in [0.25, 0.3) is 17.6 Å². The molecule has 1 saturated heterocycles. The standard InChI is InChI=1S/C23H23FN7O7P/c24-17-12-25-21(31-7-6-26-27-31)19-18(17)16(13-30(19)14-38-39(35,36)37)20(32)23(34)29-10-8-28(9-11-29)22(33)15-4-2-1-3-5-15/h1-5,12-13H,6-11,14H2,(H2,35,36,37). The van der Waals surface area contributed by atoms with E-state index < -0.39 is 32.1 Å². The molecule has 2 aliphatic rings. The molecule has 0 radical (unpaired) electrons. The number of fused-ring (bicyclic) bond motifs is 1. The largest absolute Gasteiger partial charge is 0.471 e. The molecule has 0 bridgehead atoms. The number of Topliss-reactive ketones (excluding diaryl/α,β-unsaturated/α-hetero) is 1.